The highest BCUT2D eigenvalue weighted by Gasteiger charge is 2.32. The summed E-state index contributed by atoms with van der Waals surface area (Å²) in [5.41, 5.74) is 4.49. The molecule has 0 amide bonds. The molecule has 2 N–H and O–H groups in total. The van der Waals surface area contributed by atoms with E-state index in [1.165, 1.54) is 23.2 Å². The molecule has 7 nitrogen and oxygen atoms in total. The molecule has 171 valence electrons. The van der Waals surface area contributed by atoms with Crippen molar-refractivity contribution in [1.29, 1.82) is 0 Å². The minimum absolute atomic E-state index is 0.0195. The molecule has 0 aromatic carbocycles. The van der Waals surface area contributed by atoms with Crippen LogP contribution in [0, 0.1) is 26.7 Å². The second kappa shape index (κ2) is 8.93. The van der Waals surface area contributed by atoms with Crippen LogP contribution in [0.25, 0.3) is 0 Å². The van der Waals surface area contributed by atoms with Gasteiger partial charge in [0.2, 0.25) is 5.78 Å². The Kier molecular flexibility index (Phi) is 5.99. The normalized spacial score (nSPS) is 24.5. The Morgan fingerprint density at radius 2 is 2.15 bits per heavy atom. The maximum atomic E-state index is 13.5. The third-order valence-electron chi connectivity index (χ3n) is 6.47. The number of hydrogen-bond donors (Lipinski definition) is 2. The van der Waals surface area contributed by atoms with Gasteiger partial charge in [-0.25, -0.2) is 9.97 Å². The van der Waals surface area contributed by atoms with Crippen molar-refractivity contribution in [2.24, 2.45) is 5.92 Å². The van der Waals surface area contributed by atoms with Crippen LogP contribution in [0.2, 0.25) is 0 Å². The molecule has 5 rings (SSSR count). The first kappa shape index (κ1) is 22.1. The average molecular weight is 464 g/mol. The molecule has 2 aliphatic rings. The van der Waals surface area contributed by atoms with Gasteiger partial charge in [0.25, 0.3) is 0 Å². The number of anilines is 1. The van der Waals surface area contributed by atoms with E-state index in [2.05, 4.69) is 28.3 Å². The Morgan fingerprint density at radius 3 is 2.94 bits per heavy atom. The second-order valence-corrected chi connectivity index (χ2v) is 10.1. The lowest BCUT2D eigenvalue weighted by Gasteiger charge is -2.25. The number of pyridine rings is 1. The first-order chi connectivity index (χ1) is 15.9. The van der Waals surface area contributed by atoms with Crippen LogP contribution in [0.15, 0.2) is 30.7 Å². The Balaban J connectivity index is 1.43. The van der Waals surface area contributed by atoms with Crippen LogP contribution >= 0.6 is 11.3 Å². The SMILES string of the molecule is [CH2][C@@H]1C[C@@H](Nc2ncncc2C(=O)c2cc([C@H]3OCCc4ccc(C)nc43)c(C)s2)C[C@@H]1O. The molecule has 0 spiro atoms. The van der Waals surface area contributed by atoms with Crippen LogP contribution in [-0.2, 0) is 11.2 Å². The number of ether oxygens (including phenoxy) is 1. The summed E-state index contributed by atoms with van der Waals surface area (Å²) in [4.78, 5) is 28.3. The van der Waals surface area contributed by atoms with Crippen molar-refractivity contribution < 1.29 is 14.6 Å². The number of thiophene rings is 1. The van der Waals surface area contributed by atoms with Crippen molar-refractivity contribution in [2.45, 2.75) is 51.4 Å². The molecule has 1 aliphatic carbocycles. The molecule has 1 fully saturated rings. The zero-order valence-corrected chi connectivity index (χ0v) is 19.6. The van der Waals surface area contributed by atoms with E-state index in [0.717, 1.165) is 34.7 Å². The molecule has 33 heavy (non-hydrogen) atoms. The fourth-order valence-corrected chi connectivity index (χ4v) is 5.67. The molecular weight excluding hydrogens is 436 g/mol. The quantitative estimate of drug-likeness (QED) is 0.555. The number of rotatable bonds is 5. The molecule has 1 aliphatic heterocycles. The lowest BCUT2D eigenvalue weighted by Crippen LogP contribution is -2.20. The predicted molar refractivity (Wildman–Crippen MR) is 126 cm³/mol. The Hall–Kier alpha value is -2.68. The number of aryl methyl sites for hydroxylation is 2. The lowest BCUT2D eigenvalue weighted by atomic mass is 9.97. The van der Waals surface area contributed by atoms with E-state index in [4.69, 9.17) is 9.72 Å². The fourth-order valence-electron chi connectivity index (χ4n) is 4.67. The first-order valence-electron chi connectivity index (χ1n) is 11.2. The van der Waals surface area contributed by atoms with Gasteiger partial charge >= 0.3 is 0 Å². The lowest BCUT2D eigenvalue weighted by molar-refractivity contribution is 0.0662. The molecule has 1 saturated carbocycles. The predicted octanol–water partition coefficient (Wildman–Crippen LogP) is 3.83. The van der Waals surface area contributed by atoms with Crippen LogP contribution < -0.4 is 5.32 Å². The third kappa shape index (κ3) is 4.30. The smallest absolute Gasteiger partial charge is 0.208 e. The number of carbonyl (C=O) groups is 1. The van der Waals surface area contributed by atoms with Crippen molar-refractivity contribution in [3.8, 4) is 0 Å². The molecule has 8 heteroatoms. The van der Waals surface area contributed by atoms with Gasteiger partial charge in [0.15, 0.2) is 0 Å². The standard InChI is InChI=1S/C25H27N4O3S/c1-13-8-17(9-20(13)30)29-25-19(11-26-12-27-25)23(31)21-10-18(15(3)33-21)24-22-16(6-7-32-24)5-4-14(2)28-22/h4-5,10-13,17,20,24,30H,1,6-9H2,2-3H3,(H,26,27,29)/t13-,17-,20+,24-/m1/s1. The van der Waals surface area contributed by atoms with E-state index < -0.39 is 6.10 Å². The van der Waals surface area contributed by atoms with E-state index in [9.17, 15) is 9.90 Å². The molecule has 0 saturated heterocycles. The third-order valence-corrected chi connectivity index (χ3v) is 7.54. The molecule has 3 aromatic heterocycles. The summed E-state index contributed by atoms with van der Waals surface area (Å²) in [6.45, 7) is 8.61. The number of aromatic nitrogens is 3. The van der Waals surface area contributed by atoms with Gasteiger partial charge in [-0.1, -0.05) is 6.07 Å². The van der Waals surface area contributed by atoms with Gasteiger partial charge < -0.3 is 15.2 Å². The maximum Gasteiger partial charge on any atom is 0.208 e. The van der Waals surface area contributed by atoms with Crippen molar-refractivity contribution in [1.82, 2.24) is 15.0 Å². The van der Waals surface area contributed by atoms with Crippen LogP contribution in [-0.4, -0.2) is 44.6 Å². The maximum absolute atomic E-state index is 13.5. The highest BCUT2D eigenvalue weighted by Crippen LogP contribution is 2.38. The highest BCUT2D eigenvalue weighted by atomic mass is 32.1. The number of aliphatic hydroxyl groups excluding tert-OH is 1. The Labute approximate surface area is 197 Å². The summed E-state index contributed by atoms with van der Waals surface area (Å²) in [5, 5.41) is 13.4. The first-order valence-corrected chi connectivity index (χ1v) is 12.0. The van der Waals surface area contributed by atoms with Gasteiger partial charge in [0.05, 0.1) is 28.8 Å². The minimum atomic E-state index is -0.443. The molecule has 1 radical (unpaired) electrons. The number of hydrogen-bond acceptors (Lipinski definition) is 8. The Morgan fingerprint density at radius 1 is 1.30 bits per heavy atom. The number of ketones is 1. The van der Waals surface area contributed by atoms with Gasteiger partial charge in [0, 0.05) is 28.4 Å². The minimum Gasteiger partial charge on any atom is -0.393 e. The van der Waals surface area contributed by atoms with Gasteiger partial charge in [-0.3, -0.25) is 9.78 Å². The number of aliphatic hydroxyl groups is 1. The van der Waals surface area contributed by atoms with Crippen LogP contribution in [0.3, 0.4) is 0 Å². The van der Waals surface area contributed by atoms with Crippen molar-refractivity contribution in [3.63, 3.8) is 0 Å². The van der Waals surface area contributed by atoms with E-state index in [-0.39, 0.29) is 23.8 Å². The van der Waals surface area contributed by atoms with Gasteiger partial charge in [-0.15, -0.1) is 11.3 Å². The zero-order chi connectivity index (χ0) is 23.1. The molecule has 0 unspecified atom stereocenters. The number of nitrogens with one attached hydrogen (secondary N) is 1. The molecule has 4 atom stereocenters. The van der Waals surface area contributed by atoms with Gasteiger partial charge in [-0.2, -0.15) is 0 Å². The number of nitrogens with zero attached hydrogens (tertiary/aromatic N) is 3. The van der Waals surface area contributed by atoms with Crippen LogP contribution in [0.5, 0.6) is 0 Å². The average Bonchev–Trinajstić information content (AvgIpc) is 3.34. The number of carbonyl (C=O) groups excluding carboxylic acids is 1. The topological polar surface area (TPSA) is 97.2 Å². The molecule has 3 aromatic rings. The van der Waals surface area contributed by atoms with E-state index in [1.807, 2.05) is 26.0 Å². The summed E-state index contributed by atoms with van der Waals surface area (Å²) in [6.07, 6.45) is 4.42. The van der Waals surface area contributed by atoms with E-state index >= 15 is 0 Å². The summed E-state index contributed by atoms with van der Waals surface area (Å²) >= 11 is 1.45. The van der Waals surface area contributed by atoms with Gasteiger partial charge in [0.1, 0.15) is 18.2 Å². The van der Waals surface area contributed by atoms with E-state index in [1.54, 1.807) is 6.20 Å². The molecule has 0 bridgehead atoms. The molecular formula is C25H27N4O3S. The van der Waals surface area contributed by atoms with Crippen molar-refractivity contribution in [3.05, 3.63) is 75.5 Å². The summed E-state index contributed by atoms with van der Waals surface area (Å²) in [5.74, 6) is 0.336. The monoisotopic (exact) mass is 463 g/mol. The van der Waals surface area contributed by atoms with Crippen LogP contribution in [0.1, 0.15) is 61.6 Å². The zero-order valence-electron chi connectivity index (χ0n) is 18.7. The largest absolute Gasteiger partial charge is 0.393 e. The van der Waals surface area contributed by atoms with Crippen molar-refractivity contribution >= 4 is 22.9 Å². The van der Waals surface area contributed by atoms with E-state index in [0.29, 0.717) is 29.3 Å². The number of fused-ring (bicyclic) bond motifs is 1. The summed E-state index contributed by atoms with van der Waals surface area (Å²) in [7, 11) is 0. The van der Waals surface area contributed by atoms with Crippen molar-refractivity contribution in [2.75, 3.05) is 11.9 Å². The molecule has 4 heterocycles. The summed E-state index contributed by atoms with van der Waals surface area (Å²) in [6, 6.07) is 6.09. The van der Waals surface area contributed by atoms with Crippen LogP contribution in [0.4, 0.5) is 5.82 Å². The second-order valence-electron chi connectivity index (χ2n) is 8.87. The Bertz CT molecular complexity index is 1180. The van der Waals surface area contributed by atoms with Gasteiger partial charge in [-0.05, 0) is 63.6 Å². The fraction of sp³-hybridized carbons (Fsp3) is 0.400. The summed E-state index contributed by atoms with van der Waals surface area (Å²) < 4.78 is 6.12. The highest BCUT2D eigenvalue weighted by molar-refractivity contribution is 7.14.